The van der Waals surface area contributed by atoms with E-state index in [4.69, 9.17) is 0 Å². The molecular formula is C10H18N4O. The maximum Gasteiger partial charge on any atom is 0.293 e. The van der Waals surface area contributed by atoms with Gasteiger partial charge in [-0.3, -0.25) is 9.89 Å². The van der Waals surface area contributed by atoms with Crippen molar-refractivity contribution in [3.8, 4) is 0 Å². The fourth-order valence-corrected chi connectivity index (χ4v) is 1.18. The summed E-state index contributed by atoms with van der Waals surface area (Å²) < 4.78 is 0. The minimum absolute atomic E-state index is 0.125. The molecule has 1 aromatic heterocycles. The summed E-state index contributed by atoms with van der Waals surface area (Å²) in [7, 11) is 1.78. The van der Waals surface area contributed by atoms with Gasteiger partial charge in [0.15, 0.2) is 0 Å². The molecule has 1 N–H and O–H groups in total. The lowest BCUT2D eigenvalue weighted by molar-refractivity contribution is 0.0728. The van der Waals surface area contributed by atoms with Gasteiger partial charge in [0, 0.05) is 19.5 Å². The molecule has 1 unspecified atom stereocenters. The average molecular weight is 210 g/mol. The first kappa shape index (κ1) is 11.7. The molecule has 1 heterocycles. The Balaban J connectivity index is 2.75. The second-order valence-corrected chi connectivity index (χ2v) is 3.63. The summed E-state index contributed by atoms with van der Waals surface area (Å²) in [6, 6.07) is 0.209. The van der Waals surface area contributed by atoms with E-state index >= 15 is 0 Å². The molecule has 0 aliphatic heterocycles. The Morgan fingerprint density at radius 1 is 1.53 bits per heavy atom. The zero-order chi connectivity index (χ0) is 11.4. The van der Waals surface area contributed by atoms with Gasteiger partial charge in [0.05, 0.1) is 0 Å². The summed E-state index contributed by atoms with van der Waals surface area (Å²) >= 11 is 0. The van der Waals surface area contributed by atoms with Gasteiger partial charge < -0.3 is 4.90 Å². The molecule has 0 spiro atoms. The number of nitrogens with one attached hydrogen (secondary N) is 1. The van der Waals surface area contributed by atoms with Crippen LogP contribution in [0, 0.1) is 0 Å². The zero-order valence-electron chi connectivity index (χ0n) is 9.74. The minimum atomic E-state index is -0.125. The van der Waals surface area contributed by atoms with Crippen molar-refractivity contribution < 1.29 is 4.79 Å². The Hall–Kier alpha value is -1.39. The highest BCUT2D eigenvalue weighted by Crippen LogP contribution is 2.05. The number of aromatic amines is 1. The van der Waals surface area contributed by atoms with Gasteiger partial charge in [-0.05, 0) is 13.3 Å². The predicted molar refractivity (Wildman–Crippen MR) is 57.6 cm³/mol. The van der Waals surface area contributed by atoms with Crippen LogP contribution in [0.25, 0.3) is 0 Å². The standard InChI is InChI=1S/C10H18N4O/c1-5-7(3)14(4)10(15)9-11-8(6-2)12-13-9/h7H,5-6H2,1-4H3,(H,11,12,13). The van der Waals surface area contributed by atoms with Gasteiger partial charge in [-0.2, -0.15) is 0 Å². The first-order chi connectivity index (χ1) is 7.10. The molecule has 0 saturated carbocycles. The number of H-pyrrole nitrogens is 1. The lowest BCUT2D eigenvalue weighted by atomic mass is 10.2. The Kier molecular flexibility index (Phi) is 3.82. The van der Waals surface area contributed by atoms with E-state index in [1.807, 2.05) is 20.8 Å². The van der Waals surface area contributed by atoms with Crippen LogP contribution < -0.4 is 0 Å². The molecule has 0 aliphatic carbocycles. The maximum absolute atomic E-state index is 11.9. The molecule has 0 radical (unpaired) electrons. The Morgan fingerprint density at radius 2 is 2.20 bits per heavy atom. The van der Waals surface area contributed by atoms with Crippen LogP contribution in [0.1, 0.15) is 43.6 Å². The van der Waals surface area contributed by atoms with Crippen molar-refractivity contribution in [1.29, 1.82) is 0 Å². The van der Waals surface area contributed by atoms with E-state index < -0.39 is 0 Å². The van der Waals surface area contributed by atoms with E-state index in [1.165, 1.54) is 0 Å². The summed E-state index contributed by atoms with van der Waals surface area (Å²) in [4.78, 5) is 17.6. The molecule has 0 bridgehead atoms. The van der Waals surface area contributed by atoms with Gasteiger partial charge in [0.1, 0.15) is 5.82 Å². The minimum Gasteiger partial charge on any atom is -0.336 e. The van der Waals surface area contributed by atoms with E-state index in [-0.39, 0.29) is 17.8 Å². The van der Waals surface area contributed by atoms with Crippen molar-refractivity contribution in [2.45, 2.75) is 39.7 Å². The number of amides is 1. The van der Waals surface area contributed by atoms with Crippen LogP contribution >= 0.6 is 0 Å². The lowest BCUT2D eigenvalue weighted by Gasteiger charge is -2.22. The van der Waals surface area contributed by atoms with Crippen LogP contribution in [0.15, 0.2) is 0 Å². The van der Waals surface area contributed by atoms with E-state index in [2.05, 4.69) is 15.2 Å². The number of nitrogens with zero attached hydrogens (tertiary/aromatic N) is 3. The number of aryl methyl sites for hydroxylation is 1. The van der Waals surface area contributed by atoms with Crippen molar-refractivity contribution in [2.75, 3.05) is 7.05 Å². The molecule has 5 heteroatoms. The van der Waals surface area contributed by atoms with E-state index in [1.54, 1.807) is 11.9 Å². The molecule has 0 aromatic carbocycles. The van der Waals surface area contributed by atoms with Crippen LogP contribution in [0.2, 0.25) is 0 Å². The Labute approximate surface area is 89.9 Å². The fourth-order valence-electron chi connectivity index (χ4n) is 1.18. The predicted octanol–water partition coefficient (Wildman–Crippen LogP) is 1.24. The third-order valence-corrected chi connectivity index (χ3v) is 2.63. The Bertz CT molecular complexity index is 334. The normalized spacial score (nSPS) is 12.5. The molecule has 15 heavy (non-hydrogen) atoms. The number of carbonyl (C=O) groups excluding carboxylic acids is 1. The smallest absolute Gasteiger partial charge is 0.293 e. The van der Waals surface area contributed by atoms with Gasteiger partial charge in [-0.25, -0.2) is 4.98 Å². The third kappa shape index (κ3) is 2.55. The first-order valence-corrected chi connectivity index (χ1v) is 5.28. The van der Waals surface area contributed by atoms with Gasteiger partial charge in [0.2, 0.25) is 5.82 Å². The third-order valence-electron chi connectivity index (χ3n) is 2.63. The molecule has 0 saturated heterocycles. The van der Waals surface area contributed by atoms with Gasteiger partial charge >= 0.3 is 0 Å². The molecule has 0 aliphatic rings. The quantitative estimate of drug-likeness (QED) is 0.813. The SMILES string of the molecule is CCc1nc(C(=O)N(C)C(C)CC)n[nH]1. The van der Waals surface area contributed by atoms with Crippen molar-refractivity contribution in [2.24, 2.45) is 0 Å². The van der Waals surface area contributed by atoms with Crippen LogP contribution in [0.5, 0.6) is 0 Å². The largest absolute Gasteiger partial charge is 0.336 e. The zero-order valence-corrected chi connectivity index (χ0v) is 9.74. The highest BCUT2D eigenvalue weighted by atomic mass is 16.2. The average Bonchev–Trinajstić information content (AvgIpc) is 2.74. The van der Waals surface area contributed by atoms with Crippen molar-refractivity contribution in [1.82, 2.24) is 20.1 Å². The number of hydrogen-bond acceptors (Lipinski definition) is 3. The molecule has 0 fully saturated rings. The van der Waals surface area contributed by atoms with Gasteiger partial charge in [-0.15, -0.1) is 5.10 Å². The monoisotopic (exact) mass is 210 g/mol. The molecule has 1 amide bonds. The molecule has 84 valence electrons. The van der Waals surface area contributed by atoms with E-state index in [0.717, 1.165) is 18.7 Å². The lowest BCUT2D eigenvalue weighted by Crippen LogP contribution is -2.35. The summed E-state index contributed by atoms with van der Waals surface area (Å²) in [5, 5.41) is 6.64. The highest BCUT2D eigenvalue weighted by Gasteiger charge is 2.19. The van der Waals surface area contributed by atoms with Crippen LogP contribution in [0.3, 0.4) is 0 Å². The first-order valence-electron chi connectivity index (χ1n) is 5.28. The highest BCUT2D eigenvalue weighted by molar-refractivity contribution is 5.90. The Morgan fingerprint density at radius 3 is 2.67 bits per heavy atom. The van der Waals surface area contributed by atoms with Crippen LogP contribution in [-0.2, 0) is 6.42 Å². The maximum atomic E-state index is 11.9. The molecule has 1 atom stereocenters. The summed E-state index contributed by atoms with van der Waals surface area (Å²) in [6.45, 7) is 6.02. The van der Waals surface area contributed by atoms with Gasteiger partial charge in [0.25, 0.3) is 5.91 Å². The summed E-state index contributed by atoms with van der Waals surface area (Å²) in [5.41, 5.74) is 0. The molecule has 1 aromatic rings. The topological polar surface area (TPSA) is 61.9 Å². The number of hydrogen-bond donors (Lipinski definition) is 1. The number of carbonyl (C=O) groups is 1. The van der Waals surface area contributed by atoms with Crippen molar-refractivity contribution >= 4 is 5.91 Å². The number of rotatable bonds is 4. The van der Waals surface area contributed by atoms with Crippen molar-refractivity contribution in [3.63, 3.8) is 0 Å². The number of aromatic nitrogens is 3. The van der Waals surface area contributed by atoms with Crippen LogP contribution in [0.4, 0.5) is 0 Å². The summed E-state index contributed by atoms with van der Waals surface area (Å²) in [6.07, 6.45) is 1.68. The summed E-state index contributed by atoms with van der Waals surface area (Å²) in [5.74, 6) is 0.880. The fraction of sp³-hybridized carbons (Fsp3) is 0.700. The van der Waals surface area contributed by atoms with Gasteiger partial charge in [-0.1, -0.05) is 13.8 Å². The van der Waals surface area contributed by atoms with Crippen molar-refractivity contribution in [3.05, 3.63) is 11.6 Å². The van der Waals surface area contributed by atoms with E-state index in [9.17, 15) is 4.79 Å². The van der Waals surface area contributed by atoms with Crippen LogP contribution in [-0.4, -0.2) is 39.1 Å². The molecule has 5 nitrogen and oxygen atoms in total. The van der Waals surface area contributed by atoms with E-state index in [0.29, 0.717) is 0 Å². The molecular weight excluding hydrogens is 192 g/mol. The molecule has 1 rings (SSSR count). The second kappa shape index (κ2) is 4.91. The second-order valence-electron chi connectivity index (χ2n) is 3.63.